The number of nitrogens with two attached hydrogens (primary N) is 1. The Labute approximate surface area is 124 Å². The molecule has 1 atom stereocenters. The van der Waals surface area contributed by atoms with Crippen LogP contribution in [0.1, 0.15) is 24.9 Å². The van der Waals surface area contributed by atoms with Gasteiger partial charge in [0, 0.05) is 11.6 Å². The van der Waals surface area contributed by atoms with E-state index < -0.39 is 29.9 Å². The maximum Gasteiger partial charge on any atom is 0.573 e. The van der Waals surface area contributed by atoms with E-state index in [-0.39, 0.29) is 31.0 Å². The van der Waals surface area contributed by atoms with Crippen LogP contribution < -0.4 is 10.5 Å². The molecule has 4 nitrogen and oxygen atoms in total. The Bertz CT molecular complexity index is 482. The fraction of sp³-hybridized carbons (Fsp3) is 0.417. The van der Waals surface area contributed by atoms with E-state index in [1.165, 1.54) is 0 Å². The lowest BCUT2D eigenvalue weighted by molar-refractivity contribution is -0.274. The second-order valence-electron chi connectivity index (χ2n) is 3.85. The van der Waals surface area contributed by atoms with Crippen molar-refractivity contribution >= 4 is 18.4 Å². The first-order valence-corrected chi connectivity index (χ1v) is 5.69. The highest BCUT2D eigenvalue weighted by molar-refractivity contribution is 5.85. The van der Waals surface area contributed by atoms with E-state index in [2.05, 4.69) is 9.47 Å². The van der Waals surface area contributed by atoms with Crippen molar-refractivity contribution < 1.29 is 31.8 Å². The highest BCUT2D eigenvalue weighted by Gasteiger charge is 2.31. The number of halogens is 5. The molecule has 0 saturated heterocycles. The summed E-state index contributed by atoms with van der Waals surface area (Å²) >= 11 is 0. The Hall–Kier alpha value is -1.54. The molecule has 0 aliphatic carbocycles. The van der Waals surface area contributed by atoms with Gasteiger partial charge in [0.1, 0.15) is 11.6 Å². The van der Waals surface area contributed by atoms with E-state index in [1.807, 2.05) is 0 Å². The summed E-state index contributed by atoms with van der Waals surface area (Å²) in [6, 6.07) is 1.31. The molecule has 0 heterocycles. The van der Waals surface area contributed by atoms with E-state index >= 15 is 0 Å². The lowest BCUT2D eigenvalue weighted by atomic mass is 10.0. The Kier molecular flexibility index (Phi) is 7.45. The predicted octanol–water partition coefficient (Wildman–Crippen LogP) is 3.10. The minimum absolute atomic E-state index is 0. The Morgan fingerprint density at radius 2 is 2.00 bits per heavy atom. The standard InChI is InChI=1S/C12H13F4NO3.ClH/c1-2-19-11(18)6-10(17)8-5-7(3-4-9(8)13)20-12(14,15)16;/h3-5,10H,2,6,17H2,1H3;1H/t10-;/m0./s1. The zero-order valence-corrected chi connectivity index (χ0v) is 11.8. The lowest BCUT2D eigenvalue weighted by Gasteiger charge is -2.15. The third-order valence-corrected chi connectivity index (χ3v) is 2.29. The van der Waals surface area contributed by atoms with Gasteiger partial charge in [0.05, 0.1) is 13.0 Å². The number of esters is 1. The number of carbonyl (C=O) groups is 1. The number of rotatable bonds is 5. The summed E-state index contributed by atoms with van der Waals surface area (Å²) < 4.78 is 58.0. The van der Waals surface area contributed by atoms with Gasteiger partial charge in [0.25, 0.3) is 0 Å². The van der Waals surface area contributed by atoms with Gasteiger partial charge in [-0.3, -0.25) is 4.79 Å². The van der Waals surface area contributed by atoms with E-state index in [4.69, 9.17) is 5.73 Å². The normalized spacial score (nSPS) is 12.3. The van der Waals surface area contributed by atoms with Crippen molar-refractivity contribution in [3.05, 3.63) is 29.6 Å². The summed E-state index contributed by atoms with van der Waals surface area (Å²) in [5.74, 6) is -2.09. The first-order valence-electron chi connectivity index (χ1n) is 5.69. The van der Waals surface area contributed by atoms with E-state index in [1.54, 1.807) is 6.92 Å². The molecule has 0 radical (unpaired) electrons. The largest absolute Gasteiger partial charge is 0.573 e. The molecule has 0 spiro atoms. The quantitative estimate of drug-likeness (QED) is 0.665. The molecule has 21 heavy (non-hydrogen) atoms. The van der Waals surface area contributed by atoms with Crippen LogP contribution in [0.3, 0.4) is 0 Å². The van der Waals surface area contributed by atoms with Crippen LogP contribution in [0.25, 0.3) is 0 Å². The van der Waals surface area contributed by atoms with Crippen LogP contribution in [0.15, 0.2) is 18.2 Å². The first kappa shape index (κ1) is 19.5. The summed E-state index contributed by atoms with van der Waals surface area (Å²) in [5.41, 5.74) is 5.33. The molecular formula is C12H14ClF4NO3. The molecule has 0 aliphatic heterocycles. The van der Waals surface area contributed by atoms with Crippen molar-refractivity contribution in [2.45, 2.75) is 25.7 Å². The van der Waals surface area contributed by atoms with Gasteiger partial charge < -0.3 is 15.2 Å². The topological polar surface area (TPSA) is 61.5 Å². The van der Waals surface area contributed by atoms with Gasteiger partial charge in [0.2, 0.25) is 0 Å². The summed E-state index contributed by atoms with van der Waals surface area (Å²) in [6.45, 7) is 1.72. The molecule has 9 heteroatoms. The lowest BCUT2D eigenvalue weighted by Crippen LogP contribution is -2.20. The number of carbonyl (C=O) groups excluding carboxylic acids is 1. The highest BCUT2D eigenvalue weighted by Crippen LogP contribution is 2.27. The third kappa shape index (κ3) is 6.63. The van der Waals surface area contributed by atoms with E-state index in [0.29, 0.717) is 0 Å². The Morgan fingerprint density at radius 1 is 1.38 bits per heavy atom. The number of hydrogen-bond donors (Lipinski definition) is 1. The van der Waals surface area contributed by atoms with Gasteiger partial charge in [0.15, 0.2) is 0 Å². The van der Waals surface area contributed by atoms with Crippen LogP contribution in [-0.2, 0) is 9.53 Å². The third-order valence-electron chi connectivity index (χ3n) is 2.29. The van der Waals surface area contributed by atoms with Gasteiger partial charge in [-0.2, -0.15) is 0 Å². The van der Waals surface area contributed by atoms with Crippen LogP contribution in [0.5, 0.6) is 5.75 Å². The SMILES string of the molecule is CCOC(=O)C[C@H](N)c1cc(OC(F)(F)F)ccc1F.Cl. The van der Waals surface area contributed by atoms with Crippen molar-refractivity contribution in [1.29, 1.82) is 0 Å². The summed E-state index contributed by atoms with van der Waals surface area (Å²) in [6.07, 6.45) is -5.24. The van der Waals surface area contributed by atoms with Crippen LogP contribution >= 0.6 is 12.4 Å². The van der Waals surface area contributed by atoms with Crippen molar-refractivity contribution in [3.8, 4) is 5.75 Å². The molecule has 0 saturated carbocycles. The van der Waals surface area contributed by atoms with Crippen LogP contribution in [-0.4, -0.2) is 18.9 Å². The fourth-order valence-corrected chi connectivity index (χ4v) is 1.51. The number of alkyl halides is 3. The molecule has 0 amide bonds. The van der Waals surface area contributed by atoms with Crippen molar-refractivity contribution in [1.82, 2.24) is 0 Å². The van der Waals surface area contributed by atoms with E-state index in [9.17, 15) is 22.4 Å². The van der Waals surface area contributed by atoms with Crippen LogP contribution in [0, 0.1) is 5.82 Å². The highest BCUT2D eigenvalue weighted by atomic mass is 35.5. The molecule has 1 aromatic rings. The number of benzene rings is 1. The zero-order chi connectivity index (χ0) is 15.3. The average Bonchev–Trinajstić information content (AvgIpc) is 2.30. The van der Waals surface area contributed by atoms with Crippen molar-refractivity contribution in [2.75, 3.05) is 6.61 Å². The molecule has 120 valence electrons. The van der Waals surface area contributed by atoms with Gasteiger partial charge in [-0.15, -0.1) is 25.6 Å². The molecule has 1 rings (SSSR count). The minimum Gasteiger partial charge on any atom is -0.466 e. The number of ether oxygens (including phenoxy) is 2. The molecule has 0 unspecified atom stereocenters. The van der Waals surface area contributed by atoms with Gasteiger partial charge >= 0.3 is 12.3 Å². The average molecular weight is 332 g/mol. The molecular weight excluding hydrogens is 318 g/mol. The predicted molar refractivity (Wildman–Crippen MR) is 68.5 cm³/mol. The number of hydrogen-bond acceptors (Lipinski definition) is 4. The molecule has 2 N–H and O–H groups in total. The van der Waals surface area contributed by atoms with Crippen LogP contribution in [0.2, 0.25) is 0 Å². The molecule has 1 aromatic carbocycles. The second kappa shape index (κ2) is 8.04. The maximum atomic E-state index is 13.5. The first-order chi connectivity index (χ1) is 9.23. The molecule has 0 bridgehead atoms. The summed E-state index contributed by atoms with van der Waals surface area (Å²) in [7, 11) is 0. The molecule has 0 aliphatic rings. The van der Waals surface area contributed by atoms with Crippen LogP contribution in [0.4, 0.5) is 17.6 Å². The van der Waals surface area contributed by atoms with Crippen molar-refractivity contribution in [2.24, 2.45) is 5.73 Å². The monoisotopic (exact) mass is 331 g/mol. The molecule has 0 aromatic heterocycles. The second-order valence-corrected chi connectivity index (χ2v) is 3.85. The van der Waals surface area contributed by atoms with Crippen molar-refractivity contribution in [3.63, 3.8) is 0 Å². The zero-order valence-electron chi connectivity index (χ0n) is 10.9. The smallest absolute Gasteiger partial charge is 0.466 e. The Morgan fingerprint density at radius 3 is 2.52 bits per heavy atom. The summed E-state index contributed by atoms with van der Waals surface area (Å²) in [4.78, 5) is 11.2. The fourth-order valence-electron chi connectivity index (χ4n) is 1.51. The maximum absolute atomic E-state index is 13.5. The Balaban J connectivity index is 0.00000400. The summed E-state index contributed by atoms with van der Waals surface area (Å²) in [5, 5.41) is 0. The minimum atomic E-state index is -4.89. The van der Waals surface area contributed by atoms with Gasteiger partial charge in [-0.25, -0.2) is 4.39 Å². The van der Waals surface area contributed by atoms with E-state index in [0.717, 1.165) is 18.2 Å². The van der Waals surface area contributed by atoms with Gasteiger partial charge in [-0.1, -0.05) is 0 Å². The van der Waals surface area contributed by atoms with Gasteiger partial charge in [-0.05, 0) is 25.1 Å². The molecule has 0 fully saturated rings.